The molecule has 1 aromatic carbocycles. The molecule has 1 saturated heterocycles. The van der Waals surface area contributed by atoms with Gasteiger partial charge in [-0.2, -0.15) is 0 Å². The molecule has 96 valence electrons. The molecule has 2 heterocycles. The maximum absolute atomic E-state index is 4.73. The molecule has 1 fully saturated rings. The van der Waals surface area contributed by atoms with Gasteiger partial charge in [-0.3, -0.25) is 0 Å². The molecule has 0 radical (unpaired) electrons. The predicted octanol–water partition coefficient (Wildman–Crippen LogP) is 2.72. The van der Waals surface area contributed by atoms with Crippen LogP contribution in [0.3, 0.4) is 0 Å². The highest BCUT2D eigenvalue weighted by atomic mass is 14.9. The lowest BCUT2D eigenvalue weighted by Crippen LogP contribution is -2.31. The van der Waals surface area contributed by atoms with E-state index in [0.29, 0.717) is 0 Å². The number of aromatic amines is 1. The van der Waals surface area contributed by atoms with Crippen LogP contribution < -0.4 is 5.32 Å². The largest absolute Gasteiger partial charge is 0.342 e. The maximum Gasteiger partial charge on any atom is 0.107 e. The SMILES string of the molecule is Cc1cc2nc(CC3CCCNC3)[nH]c2cc1C. The third-order valence-electron chi connectivity index (χ3n) is 4.03. The van der Waals surface area contributed by atoms with E-state index in [-0.39, 0.29) is 0 Å². The van der Waals surface area contributed by atoms with Crippen molar-refractivity contribution in [2.24, 2.45) is 5.92 Å². The molecule has 18 heavy (non-hydrogen) atoms. The fourth-order valence-electron chi connectivity index (χ4n) is 2.79. The van der Waals surface area contributed by atoms with E-state index < -0.39 is 0 Å². The van der Waals surface area contributed by atoms with E-state index in [1.807, 2.05) is 0 Å². The van der Waals surface area contributed by atoms with E-state index in [9.17, 15) is 0 Å². The third kappa shape index (κ3) is 2.27. The number of fused-ring (bicyclic) bond motifs is 1. The minimum atomic E-state index is 0.738. The summed E-state index contributed by atoms with van der Waals surface area (Å²) in [5.74, 6) is 1.88. The Balaban J connectivity index is 1.84. The Labute approximate surface area is 108 Å². The molecule has 0 aliphatic carbocycles. The first kappa shape index (κ1) is 11.7. The van der Waals surface area contributed by atoms with E-state index in [0.717, 1.165) is 30.2 Å². The average Bonchev–Trinajstić information content (AvgIpc) is 2.72. The van der Waals surface area contributed by atoms with Crippen molar-refractivity contribution in [2.45, 2.75) is 33.1 Å². The smallest absolute Gasteiger partial charge is 0.107 e. The van der Waals surface area contributed by atoms with Crippen molar-refractivity contribution in [3.63, 3.8) is 0 Å². The second-order valence-corrected chi connectivity index (χ2v) is 5.55. The van der Waals surface area contributed by atoms with Crippen molar-refractivity contribution in [2.75, 3.05) is 13.1 Å². The molecule has 0 amide bonds. The van der Waals surface area contributed by atoms with Crippen molar-refractivity contribution in [1.82, 2.24) is 15.3 Å². The van der Waals surface area contributed by atoms with Crippen LogP contribution in [-0.2, 0) is 6.42 Å². The Morgan fingerprint density at radius 1 is 1.28 bits per heavy atom. The Morgan fingerprint density at radius 2 is 2.11 bits per heavy atom. The summed E-state index contributed by atoms with van der Waals surface area (Å²) in [5, 5.41) is 3.47. The lowest BCUT2D eigenvalue weighted by molar-refractivity contribution is 0.371. The van der Waals surface area contributed by atoms with Gasteiger partial charge in [-0.25, -0.2) is 4.98 Å². The number of aromatic nitrogens is 2. The summed E-state index contributed by atoms with van der Waals surface area (Å²) in [7, 11) is 0. The fourth-order valence-corrected chi connectivity index (χ4v) is 2.79. The Bertz CT molecular complexity index is 511. The molecular formula is C15H21N3. The van der Waals surface area contributed by atoms with Crippen molar-refractivity contribution >= 4 is 11.0 Å². The molecule has 3 rings (SSSR count). The molecule has 1 aliphatic heterocycles. The van der Waals surface area contributed by atoms with Gasteiger partial charge in [0.1, 0.15) is 5.82 Å². The topological polar surface area (TPSA) is 40.7 Å². The van der Waals surface area contributed by atoms with E-state index in [2.05, 4.69) is 36.3 Å². The Hall–Kier alpha value is -1.35. The zero-order valence-electron chi connectivity index (χ0n) is 11.2. The van der Waals surface area contributed by atoms with Gasteiger partial charge in [0.2, 0.25) is 0 Å². The van der Waals surface area contributed by atoms with Crippen LogP contribution in [0, 0.1) is 19.8 Å². The molecule has 3 nitrogen and oxygen atoms in total. The molecule has 0 spiro atoms. The summed E-state index contributed by atoms with van der Waals surface area (Å²) in [4.78, 5) is 8.20. The van der Waals surface area contributed by atoms with Crippen LogP contribution >= 0.6 is 0 Å². The summed E-state index contributed by atoms with van der Waals surface area (Å²) in [6, 6.07) is 4.39. The molecular weight excluding hydrogens is 222 g/mol. The zero-order valence-corrected chi connectivity index (χ0v) is 11.2. The van der Waals surface area contributed by atoms with Crippen molar-refractivity contribution in [1.29, 1.82) is 0 Å². The number of H-pyrrole nitrogens is 1. The molecule has 1 aliphatic rings. The number of piperidine rings is 1. The second-order valence-electron chi connectivity index (χ2n) is 5.55. The van der Waals surface area contributed by atoms with Gasteiger partial charge in [0.05, 0.1) is 11.0 Å². The second kappa shape index (κ2) is 4.73. The van der Waals surface area contributed by atoms with Gasteiger partial charge in [-0.05, 0) is 69.0 Å². The molecule has 1 aromatic heterocycles. The number of hydrogen-bond donors (Lipinski definition) is 2. The van der Waals surface area contributed by atoms with Gasteiger partial charge >= 0.3 is 0 Å². The van der Waals surface area contributed by atoms with E-state index in [1.165, 1.54) is 36.0 Å². The number of nitrogens with zero attached hydrogens (tertiary/aromatic N) is 1. The molecule has 0 bridgehead atoms. The van der Waals surface area contributed by atoms with Gasteiger partial charge in [0, 0.05) is 6.42 Å². The first-order valence-electron chi connectivity index (χ1n) is 6.89. The van der Waals surface area contributed by atoms with Crippen LogP contribution in [-0.4, -0.2) is 23.1 Å². The van der Waals surface area contributed by atoms with Crippen LogP contribution in [0.2, 0.25) is 0 Å². The van der Waals surface area contributed by atoms with Crippen molar-refractivity contribution in [3.05, 3.63) is 29.1 Å². The van der Waals surface area contributed by atoms with Crippen molar-refractivity contribution in [3.8, 4) is 0 Å². The first-order valence-corrected chi connectivity index (χ1v) is 6.89. The van der Waals surface area contributed by atoms with Gasteiger partial charge in [0.25, 0.3) is 0 Å². The van der Waals surface area contributed by atoms with Crippen LogP contribution in [0.4, 0.5) is 0 Å². The number of aryl methyl sites for hydroxylation is 2. The minimum absolute atomic E-state index is 0.738. The Kier molecular flexibility index (Phi) is 3.08. The number of hydrogen-bond acceptors (Lipinski definition) is 2. The van der Waals surface area contributed by atoms with Gasteiger partial charge in [-0.1, -0.05) is 0 Å². The lowest BCUT2D eigenvalue weighted by atomic mass is 9.96. The van der Waals surface area contributed by atoms with Gasteiger partial charge < -0.3 is 10.3 Å². The molecule has 2 N–H and O–H groups in total. The average molecular weight is 243 g/mol. The van der Waals surface area contributed by atoms with Crippen LogP contribution in [0.1, 0.15) is 29.8 Å². The number of benzene rings is 1. The van der Waals surface area contributed by atoms with Gasteiger partial charge in [-0.15, -0.1) is 0 Å². The quantitative estimate of drug-likeness (QED) is 0.851. The number of rotatable bonds is 2. The van der Waals surface area contributed by atoms with Crippen molar-refractivity contribution < 1.29 is 0 Å². The van der Waals surface area contributed by atoms with Crippen LogP contribution in [0.15, 0.2) is 12.1 Å². The Morgan fingerprint density at radius 3 is 2.89 bits per heavy atom. The zero-order chi connectivity index (χ0) is 12.5. The summed E-state index contributed by atoms with van der Waals surface area (Å²) < 4.78 is 0. The monoisotopic (exact) mass is 243 g/mol. The maximum atomic E-state index is 4.73. The summed E-state index contributed by atoms with van der Waals surface area (Å²) in [6.07, 6.45) is 3.69. The summed E-state index contributed by atoms with van der Waals surface area (Å²) in [5.41, 5.74) is 4.94. The third-order valence-corrected chi connectivity index (χ3v) is 4.03. The highest BCUT2D eigenvalue weighted by molar-refractivity contribution is 5.77. The number of nitrogens with one attached hydrogen (secondary N) is 2. The van der Waals surface area contributed by atoms with E-state index >= 15 is 0 Å². The van der Waals surface area contributed by atoms with Crippen LogP contribution in [0.5, 0.6) is 0 Å². The van der Waals surface area contributed by atoms with E-state index in [1.54, 1.807) is 0 Å². The lowest BCUT2D eigenvalue weighted by Gasteiger charge is -2.21. The highest BCUT2D eigenvalue weighted by Gasteiger charge is 2.15. The minimum Gasteiger partial charge on any atom is -0.342 e. The van der Waals surface area contributed by atoms with Gasteiger partial charge in [0.15, 0.2) is 0 Å². The fraction of sp³-hybridized carbons (Fsp3) is 0.533. The predicted molar refractivity (Wildman–Crippen MR) is 74.9 cm³/mol. The standard InChI is InChI=1S/C15H21N3/c1-10-6-13-14(7-11(10)2)18-15(17-13)8-12-4-3-5-16-9-12/h6-7,12,16H,3-5,8-9H2,1-2H3,(H,17,18). The molecule has 1 unspecified atom stereocenters. The molecule has 1 atom stereocenters. The number of imidazole rings is 1. The molecule has 0 saturated carbocycles. The molecule has 2 aromatic rings. The van der Waals surface area contributed by atoms with E-state index in [4.69, 9.17) is 4.98 Å². The molecule has 3 heteroatoms. The highest BCUT2D eigenvalue weighted by Crippen LogP contribution is 2.20. The first-order chi connectivity index (χ1) is 8.72. The summed E-state index contributed by atoms with van der Waals surface area (Å²) in [6.45, 7) is 6.61. The van der Waals surface area contributed by atoms with Crippen LogP contribution in [0.25, 0.3) is 11.0 Å². The normalized spacial score (nSPS) is 20.4. The summed E-state index contributed by atoms with van der Waals surface area (Å²) >= 11 is 0.